The molecule has 28 heavy (non-hydrogen) atoms. The van der Waals surface area contributed by atoms with Crippen molar-refractivity contribution in [3.8, 4) is 17.1 Å². The number of ether oxygens (including phenoxy) is 1. The van der Waals surface area contributed by atoms with Gasteiger partial charge in [0.05, 0.1) is 12.5 Å². The van der Waals surface area contributed by atoms with Crippen LogP contribution in [0.25, 0.3) is 22.3 Å². The summed E-state index contributed by atoms with van der Waals surface area (Å²) >= 11 is 3.37. The molecule has 0 N–H and O–H groups in total. The number of rotatable bonds is 4. The number of benzene rings is 3. The first kappa shape index (κ1) is 18.2. The van der Waals surface area contributed by atoms with E-state index in [9.17, 15) is 9.59 Å². The van der Waals surface area contributed by atoms with Crippen molar-refractivity contribution in [2.45, 2.75) is 0 Å². The molecule has 0 aliphatic carbocycles. The van der Waals surface area contributed by atoms with E-state index in [0.717, 1.165) is 4.47 Å². The summed E-state index contributed by atoms with van der Waals surface area (Å²) in [4.78, 5) is 26.6. The minimum Gasteiger partial charge on any atom is -0.497 e. The lowest BCUT2D eigenvalue weighted by atomic mass is 9.97. The molecule has 0 spiro atoms. The second-order valence-corrected chi connectivity index (χ2v) is 7.12. The van der Waals surface area contributed by atoms with Gasteiger partial charge < -0.3 is 9.15 Å². The average Bonchev–Trinajstić information content (AvgIpc) is 2.73. The fourth-order valence-electron chi connectivity index (χ4n) is 3.07. The van der Waals surface area contributed by atoms with Crippen LogP contribution in [0, 0.1) is 0 Å². The number of hydrogen-bond donors (Lipinski definition) is 0. The van der Waals surface area contributed by atoms with Crippen molar-refractivity contribution in [1.29, 1.82) is 0 Å². The summed E-state index contributed by atoms with van der Waals surface area (Å²) in [6, 6.07) is 21.0. The van der Waals surface area contributed by atoms with Gasteiger partial charge in [-0.05, 0) is 24.3 Å². The number of ketones is 1. The maximum Gasteiger partial charge on any atom is 0.204 e. The van der Waals surface area contributed by atoms with E-state index >= 15 is 0 Å². The molecule has 138 valence electrons. The van der Waals surface area contributed by atoms with E-state index in [1.807, 2.05) is 36.4 Å². The number of carbonyl (C=O) groups excluding carboxylic acids is 1. The Labute approximate surface area is 169 Å². The smallest absolute Gasteiger partial charge is 0.204 e. The van der Waals surface area contributed by atoms with Gasteiger partial charge in [0.1, 0.15) is 22.7 Å². The summed E-state index contributed by atoms with van der Waals surface area (Å²) in [5.74, 6) is 0.434. The van der Waals surface area contributed by atoms with Gasteiger partial charge in [0.15, 0.2) is 0 Å². The fourth-order valence-corrected chi connectivity index (χ4v) is 3.47. The first-order valence-corrected chi connectivity index (χ1v) is 9.38. The zero-order valence-electron chi connectivity index (χ0n) is 14.9. The topological polar surface area (TPSA) is 56.5 Å². The highest BCUT2D eigenvalue weighted by molar-refractivity contribution is 9.10. The third-order valence-electron chi connectivity index (χ3n) is 4.45. The van der Waals surface area contributed by atoms with Crippen LogP contribution in [0.1, 0.15) is 15.9 Å². The van der Waals surface area contributed by atoms with E-state index in [1.54, 1.807) is 43.5 Å². The van der Waals surface area contributed by atoms with Crippen LogP contribution in [0.3, 0.4) is 0 Å². The van der Waals surface area contributed by atoms with Gasteiger partial charge in [-0.15, -0.1) is 0 Å². The molecule has 0 fully saturated rings. The molecule has 5 heteroatoms. The van der Waals surface area contributed by atoms with E-state index in [4.69, 9.17) is 9.15 Å². The van der Waals surface area contributed by atoms with Crippen LogP contribution in [-0.2, 0) is 0 Å². The second kappa shape index (κ2) is 7.44. The fraction of sp³-hybridized carbons (Fsp3) is 0.0435. The molecule has 0 aliphatic rings. The van der Waals surface area contributed by atoms with Gasteiger partial charge >= 0.3 is 0 Å². The molecule has 1 heterocycles. The van der Waals surface area contributed by atoms with Crippen LogP contribution in [0.5, 0.6) is 5.75 Å². The lowest BCUT2D eigenvalue weighted by Crippen LogP contribution is -2.18. The van der Waals surface area contributed by atoms with Gasteiger partial charge in [0, 0.05) is 21.7 Å². The summed E-state index contributed by atoms with van der Waals surface area (Å²) in [6.07, 6.45) is 0. The number of hydrogen-bond acceptors (Lipinski definition) is 4. The molecule has 0 radical (unpaired) electrons. The molecule has 4 aromatic rings. The van der Waals surface area contributed by atoms with Crippen molar-refractivity contribution < 1.29 is 13.9 Å². The first-order valence-electron chi connectivity index (χ1n) is 8.59. The zero-order chi connectivity index (χ0) is 19.7. The van der Waals surface area contributed by atoms with Crippen molar-refractivity contribution in [3.63, 3.8) is 0 Å². The highest BCUT2D eigenvalue weighted by Gasteiger charge is 2.23. The highest BCUT2D eigenvalue weighted by Crippen LogP contribution is 2.29. The van der Waals surface area contributed by atoms with E-state index in [1.165, 1.54) is 0 Å². The average molecular weight is 435 g/mol. The third-order valence-corrected chi connectivity index (χ3v) is 4.94. The molecule has 0 unspecified atom stereocenters. The summed E-state index contributed by atoms with van der Waals surface area (Å²) < 4.78 is 12.1. The van der Waals surface area contributed by atoms with E-state index in [0.29, 0.717) is 27.8 Å². The third kappa shape index (κ3) is 3.25. The van der Waals surface area contributed by atoms with Crippen molar-refractivity contribution in [2.24, 2.45) is 0 Å². The summed E-state index contributed by atoms with van der Waals surface area (Å²) in [7, 11) is 1.54. The van der Waals surface area contributed by atoms with Crippen LogP contribution in [0.2, 0.25) is 0 Å². The molecule has 4 rings (SSSR count). The van der Waals surface area contributed by atoms with E-state index in [-0.39, 0.29) is 22.5 Å². The van der Waals surface area contributed by atoms with Gasteiger partial charge in [-0.3, -0.25) is 9.59 Å². The minimum atomic E-state index is -0.383. The Morgan fingerprint density at radius 3 is 2.46 bits per heavy atom. The van der Waals surface area contributed by atoms with E-state index in [2.05, 4.69) is 15.9 Å². The van der Waals surface area contributed by atoms with Crippen LogP contribution >= 0.6 is 15.9 Å². The Morgan fingerprint density at radius 1 is 0.964 bits per heavy atom. The van der Waals surface area contributed by atoms with Gasteiger partial charge in [-0.25, -0.2) is 0 Å². The van der Waals surface area contributed by atoms with Gasteiger partial charge in [-0.2, -0.15) is 0 Å². The Morgan fingerprint density at radius 2 is 1.75 bits per heavy atom. The molecule has 0 amide bonds. The van der Waals surface area contributed by atoms with Crippen LogP contribution in [-0.4, -0.2) is 12.9 Å². The van der Waals surface area contributed by atoms with Crippen LogP contribution < -0.4 is 10.2 Å². The van der Waals surface area contributed by atoms with Crippen LogP contribution in [0.15, 0.2) is 86.5 Å². The molecule has 0 atom stereocenters. The number of halogens is 1. The first-order chi connectivity index (χ1) is 13.6. The molecule has 0 aliphatic heterocycles. The molecule has 1 aromatic heterocycles. The molecular formula is C23H15BrO4. The number of carbonyl (C=O) groups is 1. The maximum absolute atomic E-state index is 13.3. The largest absolute Gasteiger partial charge is 0.497 e. The normalized spacial score (nSPS) is 10.8. The van der Waals surface area contributed by atoms with Crippen molar-refractivity contribution in [2.75, 3.05) is 7.11 Å². The van der Waals surface area contributed by atoms with Crippen molar-refractivity contribution >= 4 is 32.7 Å². The van der Waals surface area contributed by atoms with Gasteiger partial charge in [-0.1, -0.05) is 58.4 Å². The maximum atomic E-state index is 13.3. The predicted octanol–water partition coefficient (Wildman–Crippen LogP) is 5.46. The van der Waals surface area contributed by atoms with E-state index < -0.39 is 0 Å². The molecule has 0 bridgehead atoms. The SMILES string of the molecule is COc1ccc2c(=O)c(C(=O)c3cccc(Br)c3)c(-c3ccccc3)oc2c1. The predicted molar refractivity (Wildman–Crippen MR) is 112 cm³/mol. The van der Waals surface area contributed by atoms with Gasteiger partial charge in [0.2, 0.25) is 11.2 Å². The summed E-state index contributed by atoms with van der Waals surface area (Å²) in [5.41, 5.74) is 1.08. The van der Waals surface area contributed by atoms with Crippen LogP contribution in [0.4, 0.5) is 0 Å². The quantitative estimate of drug-likeness (QED) is 0.400. The Bertz CT molecular complexity index is 1240. The Kier molecular flexibility index (Phi) is 4.84. The van der Waals surface area contributed by atoms with Crippen molar-refractivity contribution in [1.82, 2.24) is 0 Å². The summed E-state index contributed by atoms with van der Waals surface area (Å²) in [5, 5.41) is 0.332. The highest BCUT2D eigenvalue weighted by atomic mass is 79.9. The molecule has 0 saturated heterocycles. The minimum absolute atomic E-state index is 0.0157. The lowest BCUT2D eigenvalue weighted by molar-refractivity contribution is 0.103. The zero-order valence-corrected chi connectivity index (χ0v) is 16.5. The number of methoxy groups -OCH3 is 1. The Hall–Kier alpha value is -3.18. The molecule has 4 nitrogen and oxygen atoms in total. The monoisotopic (exact) mass is 434 g/mol. The molecule has 0 saturated carbocycles. The van der Waals surface area contributed by atoms with Crippen molar-refractivity contribution in [3.05, 3.63) is 98.6 Å². The lowest BCUT2D eigenvalue weighted by Gasteiger charge is -2.11. The van der Waals surface area contributed by atoms with Gasteiger partial charge in [0.25, 0.3) is 0 Å². The molecule has 3 aromatic carbocycles. The second-order valence-electron chi connectivity index (χ2n) is 6.20. The Balaban J connectivity index is 2.04. The summed E-state index contributed by atoms with van der Waals surface area (Å²) in [6.45, 7) is 0. The standard InChI is InChI=1S/C23H15BrO4/c1-27-17-10-11-18-19(13-17)28-23(14-6-3-2-4-7-14)20(22(18)26)21(25)15-8-5-9-16(24)12-15/h2-13H,1H3. The number of fused-ring (bicyclic) bond motifs is 1. The molecular weight excluding hydrogens is 420 g/mol.